The van der Waals surface area contributed by atoms with Gasteiger partial charge in [-0.3, -0.25) is 9.59 Å². The fourth-order valence-electron chi connectivity index (χ4n) is 3.35. The fraction of sp³-hybridized carbons (Fsp3) is 0.160. The van der Waals surface area contributed by atoms with E-state index in [4.69, 9.17) is 4.42 Å². The first kappa shape index (κ1) is 21.2. The van der Waals surface area contributed by atoms with Gasteiger partial charge >= 0.3 is 0 Å². The maximum absolute atomic E-state index is 13.9. The molecule has 0 atom stereocenters. The average Bonchev–Trinajstić information content (AvgIpc) is 3.26. The molecule has 0 saturated carbocycles. The van der Waals surface area contributed by atoms with E-state index in [0.29, 0.717) is 52.7 Å². The first-order valence-corrected chi connectivity index (χ1v) is 10.4. The van der Waals surface area contributed by atoms with Crippen LogP contribution in [0.5, 0.6) is 0 Å². The summed E-state index contributed by atoms with van der Waals surface area (Å²) in [5.41, 5.74) is 2.18. The number of nitrogens with one attached hydrogen (secondary N) is 2. The number of anilines is 1. The van der Waals surface area contributed by atoms with Gasteiger partial charge in [-0.15, -0.1) is 0 Å². The van der Waals surface area contributed by atoms with Crippen LogP contribution in [0.3, 0.4) is 0 Å². The zero-order chi connectivity index (χ0) is 22.5. The third kappa shape index (κ3) is 5.00. The van der Waals surface area contributed by atoms with Crippen molar-refractivity contribution < 1.29 is 13.6 Å². The van der Waals surface area contributed by atoms with Crippen molar-refractivity contribution >= 4 is 11.6 Å². The molecule has 0 radical (unpaired) electrons. The number of carbonyl (C=O) groups excluding carboxylic acids is 1. The van der Waals surface area contributed by atoms with Gasteiger partial charge in [0.25, 0.3) is 5.56 Å². The van der Waals surface area contributed by atoms with Crippen LogP contribution in [0.4, 0.5) is 10.1 Å². The van der Waals surface area contributed by atoms with Crippen LogP contribution in [0, 0.1) is 5.82 Å². The Morgan fingerprint density at radius 2 is 1.94 bits per heavy atom. The van der Waals surface area contributed by atoms with Crippen LogP contribution in [0.15, 0.2) is 75.9 Å². The zero-order valence-corrected chi connectivity index (χ0v) is 17.5. The highest BCUT2D eigenvalue weighted by Gasteiger charge is 2.11. The van der Waals surface area contributed by atoms with Crippen LogP contribution < -0.4 is 10.9 Å². The van der Waals surface area contributed by atoms with Crippen molar-refractivity contribution in [1.29, 1.82) is 0 Å². The van der Waals surface area contributed by atoms with Gasteiger partial charge in [0.05, 0.1) is 5.56 Å². The molecule has 0 saturated heterocycles. The summed E-state index contributed by atoms with van der Waals surface area (Å²) in [6, 6.07) is 18.5. The van der Waals surface area contributed by atoms with Gasteiger partial charge in [-0.25, -0.2) is 9.37 Å². The van der Waals surface area contributed by atoms with Crippen LogP contribution in [0.2, 0.25) is 0 Å². The van der Waals surface area contributed by atoms with Crippen molar-refractivity contribution in [3.05, 3.63) is 94.4 Å². The Bertz CT molecular complexity index is 1310. The number of aryl methyl sites for hydroxylation is 2. The summed E-state index contributed by atoms with van der Waals surface area (Å²) in [6.45, 7) is 1.93. The molecule has 6 nitrogen and oxygen atoms in total. The average molecular weight is 431 g/mol. The highest BCUT2D eigenvalue weighted by molar-refractivity contribution is 5.91. The number of nitrogens with zero attached hydrogens (tertiary/aromatic N) is 1. The largest absolute Gasteiger partial charge is 0.461 e. The number of halogens is 1. The van der Waals surface area contributed by atoms with Crippen LogP contribution in [0.1, 0.15) is 24.8 Å². The van der Waals surface area contributed by atoms with E-state index in [-0.39, 0.29) is 23.7 Å². The minimum atomic E-state index is -0.355. The number of H-pyrrole nitrogens is 1. The molecule has 0 aliphatic rings. The summed E-state index contributed by atoms with van der Waals surface area (Å²) >= 11 is 0. The minimum absolute atomic E-state index is 0.185. The van der Waals surface area contributed by atoms with Crippen molar-refractivity contribution in [2.75, 3.05) is 5.32 Å². The smallest absolute Gasteiger partial charge is 0.251 e. The Morgan fingerprint density at radius 1 is 1.09 bits per heavy atom. The van der Waals surface area contributed by atoms with E-state index < -0.39 is 0 Å². The van der Waals surface area contributed by atoms with Crippen LogP contribution in [-0.4, -0.2) is 15.9 Å². The lowest BCUT2D eigenvalue weighted by molar-refractivity contribution is -0.116. The standard InChI is InChI=1S/C25H22FN3O3/c1-2-17-15-24(31)29-25(28-17)16-6-5-7-18(14-16)27-23(30)13-11-19-10-12-22(32-19)20-8-3-4-9-21(20)26/h3-10,12,14-15H,2,11,13H2,1H3,(H,27,30)(H,28,29,31). The van der Waals surface area contributed by atoms with Crippen molar-refractivity contribution in [1.82, 2.24) is 9.97 Å². The second kappa shape index (κ2) is 9.43. The maximum Gasteiger partial charge on any atom is 0.251 e. The van der Waals surface area contributed by atoms with E-state index in [2.05, 4.69) is 15.3 Å². The topological polar surface area (TPSA) is 88.0 Å². The number of benzene rings is 2. The Kier molecular flexibility index (Phi) is 6.26. The van der Waals surface area contributed by atoms with Crippen molar-refractivity contribution in [3.8, 4) is 22.7 Å². The van der Waals surface area contributed by atoms with Gasteiger partial charge in [-0.1, -0.05) is 31.2 Å². The Morgan fingerprint density at radius 3 is 2.75 bits per heavy atom. The second-order valence-electron chi connectivity index (χ2n) is 7.31. The summed E-state index contributed by atoms with van der Waals surface area (Å²) in [6.07, 6.45) is 1.24. The molecule has 0 aliphatic carbocycles. The highest BCUT2D eigenvalue weighted by Crippen LogP contribution is 2.25. The second-order valence-corrected chi connectivity index (χ2v) is 7.31. The van der Waals surface area contributed by atoms with Gasteiger partial charge in [0.15, 0.2) is 0 Å². The number of rotatable bonds is 7. The molecule has 2 N–H and O–H groups in total. The molecule has 32 heavy (non-hydrogen) atoms. The monoisotopic (exact) mass is 431 g/mol. The normalized spacial score (nSPS) is 10.8. The van der Waals surface area contributed by atoms with Crippen LogP contribution in [-0.2, 0) is 17.6 Å². The van der Waals surface area contributed by atoms with E-state index in [1.54, 1.807) is 48.5 Å². The summed E-state index contributed by atoms with van der Waals surface area (Å²) in [5.74, 6) is 0.954. The molecule has 1 amide bonds. The third-order valence-corrected chi connectivity index (χ3v) is 4.98. The quantitative estimate of drug-likeness (QED) is 0.432. The first-order valence-electron chi connectivity index (χ1n) is 10.4. The summed E-state index contributed by atoms with van der Waals surface area (Å²) in [4.78, 5) is 31.4. The van der Waals surface area contributed by atoms with E-state index in [1.165, 1.54) is 12.1 Å². The zero-order valence-electron chi connectivity index (χ0n) is 17.5. The van der Waals surface area contributed by atoms with Gasteiger partial charge in [0, 0.05) is 35.9 Å². The van der Waals surface area contributed by atoms with Gasteiger partial charge in [0.1, 0.15) is 23.2 Å². The molecule has 0 aliphatic heterocycles. The summed E-state index contributed by atoms with van der Waals surface area (Å²) in [7, 11) is 0. The number of aromatic nitrogens is 2. The lowest BCUT2D eigenvalue weighted by atomic mass is 10.1. The number of amides is 1. The molecule has 7 heteroatoms. The number of hydrogen-bond donors (Lipinski definition) is 2. The molecule has 0 unspecified atom stereocenters. The third-order valence-electron chi connectivity index (χ3n) is 4.98. The molecular formula is C25H22FN3O3. The highest BCUT2D eigenvalue weighted by atomic mass is 19.1. The molecular weight excluding hydrogens is 409 g/mol. The molecule has 162 valence electrons. The Hall–Kier alpha value is -4.00. The predicted octanol–water partition coefficient (Wildman–Crippen LogP) is 4.97. The minimum Gasteiger partial charge on any atom is -0.461 e. The van der Waals surface area contributed by atoms with Gasteiger partial charge in [-0.2, -0.15) is 0 Å². The molecule has 0 fully saturated rings. The number of aromatic amines is 1. The summed E-state index contributed by atoms with van der Waals surface area (Å²) in [5, 5.41) is 2.85. The van der Waals surface area contributed by atoms with Crippen molar-refractivity contribution in [2.45, 2.75) is 26.2 Å². The lowest BCUT2D eigenvalue weighted by Crippen LogP contribution is -2.13. The molecule has 4 aromatic rings. The van der Waals surface area contributed by atoms with Gasteiger partial charge in [0.2, 0.25) is 5.91 Å². The van der Waals surface area contributed by atoms with E-state index in [0.717, 1.165) is 0 Å². The fourth-order valence-corrected chi connectivity index (χ4v) is 3.35. The molecule has 2 aromatic carbocycles. The molecule has 0 bridgehead atoms. The Labute approximate surface area is 184 Å². The van der Waals surface area contributed by atoms with Crippen LogP contribution >= 0.6 is 0 Å². The van der Waals surface area contributed by atoms with Crippen LogP contribution in [0.25, 0.3) is 22.7 Å². The van der Waals surface area contributed by atoms with Gasteiger partial charge in [-0.05, 0) is 42.8 Å². The van der Waals surface area contributed by atoms with Crippen molar-refractivity contribution in [2.24, 2.45) is 0 Å². The maximum atomic E-state index is 13.9. The first-order chi connectivity index (χ1) is 15.5. The number of carbonyl (C=O) groups is 1. The Balaban J connectivity index is 1.40. The molecule has 0 spiro atoms. The van der Waals surface area contributed by atoms with E-state index in [9.17, 15) is 14.0 Å². The molecule has 2 aromatic heterocycles. The van der Waals surface area contributed by atoms with Crippen molar-refractivity contribution in [3.63, 3.8) is 0 Å². The molecule has 4 rings (SSSR count). The van der Waals surface area contributed by atoms with E-state index in [1.807, 2.05) is 13.0 Å². The number of furan rings is 1. The van der Waals surface area contributed by atoms with Gasteiger partial charge < -0.3 is 14.7 Å². The number of hydrogen-bond acceptors (Lipinski definition) is 4. The predicted molar refractivity (Wildman–Crippen MR) is 121 cm³/mol. The molecule has 2 heterocycles. The lowest BCUT2D eigenvalue weighted by Gasteiger charge is -2.08. The summed E-state index contributed by atoms with van der Waals surface area (Å²) < 4.78 is 19.6. The van der Waals surface area contributed by atoms with E-state index >= 15 is 0 Å². The SMILES string of the molecule is CCc1cc(=O)[nH]c(-c2cccc(NC(=O)CCc3ccc(-c4ccccc4F)o3)c2)n1.